The van der Waals surface area contributed by atoms with Crippen LogP contribution in [0.2, 0.25) is 0 Å². The second-order valence-corrected chi connectivity index (χ2v) is 4.50. The highest BCUT2D eigenvalue weighted by atomic mass is 19.1. The topological polar surface area (TPSA) is 59.0 Å². The molecule has 1 unspecified atom stereocenters. The van der Waals surface area contributed by atoms with E-state index >= 15 is 0 Å². The van der Waals surface area contributed by atoms with Crippen LogP contribution in [0, 0.1) is 12.7 Å². The van der Waals surface area contributed by atoms with Crippen LogP contribution in [-0.4, -0.2) is 22.6 Å². The Bertz CT molecular complexity index is 623. The zero-order valence-electron chi connectivity index (χ0n) is 11.6. The fraction of sp³-hybridized carbons (Fsp3) is 0.286. The van der Waals surface area contributed by atoms with Crippen LogP contribution in [0.1, 0.15) is 24.4 Å². The Morgan fingerprint density at radius 2 is 2.20 bits per heavy atom. The van der Waals surface area contributed by atoms with Crippen LogP contribution >= 0.6 is 0 Å². The molecule has 0 aliphatic carbocycles. The average molecular weight is 276 g/mol. The van der Waals surface area contributed by atoms with Crippen LogP contribution < -0.4 is 10.6 Å². The van der Waals surface area contributed by atoms with E-state index in [4.69, 9.17) is 0 Å². The van der Waals surface area contributed by atoms with Gasteiger partial charge in [0.15, 0.2) is 0 Å². The number of nitrogens with zero attached hydrogens (tertiary/aromatic N) is 2. The van der Waals surface area contributed by atoms with Crippen molar-refractivity contribution in [3.8, 4) is 5.69 Å². The maximum atomic E-state index is 14.2. The Morgan fingerprint density at radius 3 is 2.75 bits per heavy atom. The molecule has 1 heterocycles. The molecular formula is C14H17FN4O. The fourth-order valence-corrected chi connectivity index (χ4v) is 1.97. The highest BCUT2D eigenvalue weighted by Gasteiger charge is 2.12. The summed E-state index contributed by atoms with van der Waals surface area (Å²) in [5, 5.41) is 5.17. The number of aromatic nitrogens is 2. The molecule has 6 heteroatoms. The van der Waals surface area contributed by atoms with Gasteiger partial charge in [0.1, 0.15) is 11.6 Å². The molecule has 2 amide bonds. The first-order valence-corrected chi connectivity index (χ1v) is 6.31. The van der Waals surface area contributed by atoms with E-state index in [1.165, 1.54) is 13.1 Å². The van der Waals surface area contributed by atoms with Gasteiger partial charge in [-0.25, -0.2) is 14.2 Å². The van der Waals surface area contributed by atoms with E-state index < -0.39 is 0 Å². The second-order valence-electron chi connectivity index (χ2n) is 4.50. The SMILES string of the molecule is CNC(=O)NC(C)c1ccc(-n2ccnc2C)c(F)c1. The minimum atomic E-state index is -0.353. The summed E-state index contributed by atoms with van der Waals surface area (Å²) >= 11 is 0. The number of carbonyl (C=O) groups excluding carboxylic acids is 1. The maximum Gasteiger partial charge on any atom is 0.315 e. The fourth-order valence-electron chi connectivity index (χ4n) is 1.97. The number of halogens is 1. The van der Waals surface area contributed by atoms with Crippen molar-refractivity contribution in [1.29, 1.82) is 0 Å². The van der Waals surface area contributed by atoms with Crippen molar-refractivity contribution in [3.63, 3.8) is 0 Å². The maximum absolute atomic E-state index is 14.2. The van der Waals surface area contributed by atoms with E-state index in [0.29, 0.717) is 17.1 Å². The summed E-state index contributed by atoms with van der Waals surface area (Å²) in [5.74, 6) is 0.363. The van der Waals surface area contributed by atoms with Gasteiger partial charge in [-0.2, -0.15) is 0 Å². The predicted molar refractivity (Wildman–Crippen MR) is 74.3 cm³/mol. The molecule has 1 atom stereocenters. The van der Waals surface area contributed by atoms with Crippen molar-refractivity contribution >= 4 is 6.03 Å². The first-order valence-electron chi connectivity index (χ1n) is 6.31. The van der Waals surface area contributed by atoms with Crippen LogP contribution in [0.15, 0.2) is 30.6 Å². The number of nitrogens with one attached hydrogen (secondary N) is 2. The number of carbonyl (C=O) groups is 1. The van der Waals surface area contributed by atoms with Gasteiger partial charge in [0.05, 0.1) is 11.7 Å². The van der Waals surface area contributed by atoms with Crippen LogP contribution in [-0.2, 0) is 0 Å². The molecule has 1 aromatic heterocycles. The minimum absolute atomic E-state index is 0.276. The Hall–Kier alpha value is -2.37. The third-order valence-electron chi connectivity index (χ3n) is 3.13. The number of rotatable bonds is 3. The van der Waals surface area contributed by atoms with Gasteiger partial charge in [-0.15, -0.1) is 0 Å². The van der Waals surface area contributed by atoms with Crippen molar-refractivity contribution in [3.05, 3.63) is 47.8 Å². The molecule has 0 radical (unpaired) electrons. The highest BCUT2D eigenvalue weighted by molar-refractivity contribution is 5.74. The monoisotopic (exact) mass is 276 g/mol. The van der Waals surface area contributed by atoms with Crippen LogP contribution in [0.3, 0.4) is 0 Å². The van der Waals surface area contributed by atoms with E-state index in [1.807, 2.05) is 6.92 Å². The van der Waals surface area contributed by atoms with E-state index in [0.717, 1.165) is 0 Å². The smallest absolute Gasteiger partial charge is 0.315 e. The van der Waals surface area contributed by atoms with Crippen molar-refractivity contribution in [2.75, 3.05) is 7.05 Å². The van der Waals surface area contributed by atoms with E-state index in [1.54, 1.807) is 36.0 Å². The molecule has 0 fully saturated rings. The number of imidazole rings is 1. The van der Waals surface area contributed by atoms with Gasteiger partial charge in [0, 0.05) is 19.4 Å². The molecule has 1 aromatic carbocycles. The van der Waals surface area contributed by atoms with Crippen LogP contribution in [0.5, 0.6) is 0 Å². The molecule has 0 saturated carbocycles. The lowest BCUT2D eigenvalue weighted by Crippen LogP contribution is -2.34. The summed E-state index contributed by atoms with van der Waals surface area (Å²) in [6.07, 6.45) is 3.33. The Morgan fingerprint density at radius 1 is 1.45 bits per heavy atom. The molecule has 2 N–H and O–H groups in total. The molecule has 0 spiro atoms. The Balaban J connectivity index is 2.26. The average Bonchev–Trinajstić information content (AvgIpc) is 2.84. The standard InChI is InChI=1S/C14H17FN4O/c1-9(18-14(20)16-3)11-4-5-13(12(15)8-11)19-7-6-17-10(19)2/h4-9H,1-3H3,(H2,16,18,20). The lowest BCUT2D eigenvalue weighted by molar-refractivity contribution is 0.240. The number of hydrogen-bond donors (Lipinski definition) is 2. The van der Waals surface area contributed by atoms with Gasteiger partial charge in [-0.05, 0) is 31.5 Å². The quantitative estimate of drug-likeness (QED) is 0.903. The lowest BCUT2D eigenvalue weighted by Gasteiger charge is -2.15. The number of benzene rings is 1. The molecule has 2 aromatic rings. The lowest BCUT2D eigenvalue weighted by atomic mass is 10.1. The molecule has 0 aliphatic heterocycles. The third kappa shape index (κ3) is 2.79. The van der Waals surface area contributed by atoms with E-state index in [2.05, 4.69) is 15.6 Å². The number of urea groups is 1. The normalized spacial score (nSPS) is 12.0. The molecule has 20 heavy (non-hydrogen) atoms. The zero-order valence-corrected chi connectivity index (χ0v) is 11.6. The second kappa shape index (κ2) is 5.73. The summed E-state index contributed by atoms with van der Waals surface area (Å²) in [7, 11) is 1.54. The molecule has 0 bridgehead atoms. The number of aryl methyl sites for hydroxylation is 1. The van der Waals surface area contributed by atoms with Gasteiger partial charge >= 0.3 is 6.03 Å². The number of hydrogen-bond acceptors (Lipinski definition) is 2. The number of amides is 2. The van der Waals surface area contributed by atoms with Crippen molar-refractivity contribution in [2.24, 2.45) is 0 Å². The van der Waals surface area contributed by atoms with E-state index in [-0.39, 0.29) is 17.9 Å². The summed E-state index contributed by atoms with van der Waals surface area (Å²) < 4.78 is 15.9. The first-order chi connectivity index (χ1) is 9.52. The van der Waals surface area contributed by atoms with Crippen molar-refractivity contribution in [2.45, 2.75) is 19.9 Å². The van der Waals surface area contributed by atoms with E-state index in [9.17, 15) is 9.18 Å². The Kier molecular flexibility index (Phi) is 4.02. The molecule has 2 rings (SSSR count). The molecule has 106 valence electrons. The highest BCUT2D eigenvalue weighted by Crippen LogP contribution is 2.20. The van der Waals surface area contributed by atoms with Gasteiger partial charge in [-0.1, -0.05) is 6.07 Å². The largest absolute Gasteiger partial charge is 0.341 e. The Labute approximate surface area is 116 Å². The molecule has 0 aliphatic rings. The molecule has 5 nitrogen and oxygen atoms in total. The van der Waals surface area contributed by atoms with Crippen LogP contribution in [0.25, 0.3) is 5.69 Å². The predicted octanol–water partition coefficient (Wildman–Crippen LogP) is 2.31. The van der Waals surface area contributed by atoms with Crippen molar-refractivity contribution < 1.29 is 9.18 Å². The summed E-state index contributed by atoms with van der Waals surface area (Å²) in [5.41, 5.74) is 1.14. The first kappa shape index (κ1) is 14.0. The van der Waals surface area contributed by atoms with Crippen molar-refractivity contribution in [1.82, 2.24) is 20.2 Å². The third-order valence-corrected chi connectivity index (χ3v) is 3.13. The molecular weight excluding hydrogens is 259 g/mol. The van der Waals surface area contributed by atoms with Crippen LogP contribution in [0.4, 0.5) is 9.18 Å². The van der Waals surface area contributed by atoms with Gasteiger partial charge < -0.3 is 15.2 Å². The van der Waals surface area contributed by atoms with Gasteiger partial charge in [0.25, 0.3) is 0 Å². The van der Waals surface area contributed by atoms with Gasteiger partial charge in [-0.3, -0.25) is 0 Å². The summed E-state index contributed by atoms with van der Waals surface area (Å²) in [6, 6.07) is 4.32. The zero-order chi connectivity index (χ0) is 14.7. The van der Waals surface area contributed by atoms with Gasteiger partial charge in [0.2, 0.25) is 0 Å². The summed E-state index contributed by atoms with van der Waals surface area (Å²) in [6.45, 7) is 3.61. The summed E-state index contributed by atoms with van der Waals surface area (Å²) in [4.78, 5) is 15.3. The minimum Gasteiger partial charge on any atom is -0.341 e. The molecule has 0 saturated heterocycles.